The van der Waals surface area contributed by atoms with Gasteiger partial charge in [-0.1, -0.05) is 51.9 Å². The van der Waals surface area contributed by atoms with Crippen LogP contribution in [0, 0.1) is 5.92 Å². The van der Waals surface area contributed by atoms with Crippen molar-refractivity contribution in [3.8, 4) is 0 Å². The van der Waals surface area contributed by atoms with Crippen LogP contribution < -0.4 is 0 Å². The van der Waals surface area contributed by atoms with Crippen molar-refractivity contribution >= 4 is 11.8 Å². The Balaban J connectivity index is 2.32. The first-order valence-electron chi connectivity index (χ1n) is 8.36. The summed E-state index contributed by atoms with van der Waals surface area (Å²) in [5.41, 5.74) is 0. The summed E-state index contributed by atoms with van der Waals surface area (Å²) in [5, 5.41) is 0. The van der Waals surface area contributed by atoms with Gasteiger partial charge in [-0.2, -0.15) is 0 Å². The number of cyclic esters (lactones) is 1. The third kappa shape index (κ3) is 9.11. The Labute approximate surface area is 123 Å². The van der Waals surface area contributed by atoms with Crippen molar-refractivity contribution in [2.45, 2.75) is 84.0 Å². The molecule has 1 heterocycles. The van der Waals surface area contributed by atoms with Crippen LogP contribution in [0.25, 0.3) is 0 Å². The van der Waals surface area contributed by atoms with Gasteiger partial charge in [0, 0.05) is 19.3 Å². The molecule has 116 valence electrons. The zero-order valence-corrected chi connectivity index (χ0v) is 13.0. The minimum Gasteiger partial charge on any atom is -0.465 e. The predicted octanol–water partition coefficient (Wildman–Crippen LogP) is 4.43. The zero-order chi connectivity index (χ0) is 14.6. The molecular weight excluding hydrogens is 252 g/mol. The Kier molecular flexibility index (Phi) is 9.35. The van der Waals surface area contributed by atoms with Crippen LogP contribution in [0.15, 0.2) is 0 Å². The Morgan fingerprint density at radius 2 is 1.30 bits per heavy atom. The van der Waals surface area contributed by atoms with E-state index in [0.717, 1.165) is 19.3 Å². The minimum absolute atomic E-state index is 0.103. The first-order chi connectivity index (χ1) is 9.68. The molecule has 0 N–H and O–H groups in total. The van der Waals surface area contributed by atoms with Crippen molar-refractivity contribution in [3.63, 3.8) is 0 Å². The van der Waals surface area contributed by atoms with Gasteiger partial charge >= 0.3 is 5.97 Å². The number of esters is 1. The lowest BCUT2D eigenvalue weighted by Gasteiger charge is -2.11. The number of rotatable bonds is 0. The quantitative estimate of drug-likeness (QED) is 0.617. The van der Waals surface area contributed by atoms with Gasteiger partial charge in [-0.3, -0.25) is 9.59 Å². The summed E-state index contributed by atoms with van der Waals surface area (Å²) in [4.78, 5) is 23.3. The van der Waals surface area contributed by atoms with E-state index in [1.54, 1.807) is 0 Å². The monoisotopic (exact) mass is 282 g/mol. The molecule has 1 atom stereocenters. The van der Waals surface area contributed by atoms with Crippen LogP contribution in [0.4, 0.5) is 0 Å². The summed E-state index contributed by atoms with van der Waals surface area (Å²) in [6.07, 6.45) is 12.3. The molecule has 0 saturated carbocycles. The minimum atomic E-state index is -0.103. The number of hydrogen-bond donors (Lipinski definition) is 0. The standard InChI is InChI=1S/C17H30O3/c1-15-13-16(18)11-9-7-5-3-2-4-6-8-10-12-17(19)20-14-15/h15H,2-14H2,1H3. The van der Waals surface area contributed by atoms with Crippen molar-refractivity contribution in [1.29, 1.82) is 0 Å². The molecule has 1 aliphatic rings. The molecule has 0 aromatic carbocycles. The van der Waals surface area contributed by atoms with Crippen molar-refractivity contribution in [2.24, 2.45) is 5.92 Å². The highest BCUT2D eigenvalue weighted by Gasteiger charge is 2.12. The Hall–Kier alpha value is -0.860. The molecule has 1 saturated heterocycles. The molecule has 3 nitrogen and oxygen atoms in total. The van der Waals surface area contributed by atoms with E-state index in [2.05, 4.69) is 0 Å². The van der Waals surface area contributed by atoms with Crippen LogP contribution in [-0.2, 0) is 14.3 Å². The van der Waals surface area contributed by atoms with Crippen LogP contribution in [0.1, 0.15) is 84.0 Å². The van der Waals surface area contributed by atoms with Crippen LogP contribution in [0.3, 0.4) is 0 Å². The maximum absolute atomic E-state index is 11.8. The number of carbonyl (C=O) groups is 2. The zero-order valence-electron chi connectivity index (χ0n) is 13.0. The molecular formula is C17H30O3. The van der Waals surface area contributed by atoms with Crippen molar-refractivity contribution < 1.29 is 14.3 Å². The highest BCUT2D eigenvalue weighted by molar-refractivity contribution is 5.78. The molecule has 1 rings (SSSR count). The van der Waals surface area contributed by atoms with E-state index in [0.29, 0.717) is 31.7 Å². The van der Waals surface area contributed by atoms with Crippen LogP contribution in [-0.4, -0.2) is 18.4 Å². The van der Waals surface area contributed by atoms with Gasteiger partial charge in [-0.15, -0.1) is 0 Å². The molecule has 3 heteroatoms. The van der Waals surface area contributed by atoms with Crippen molar-refractivity contribution in [1.82, 2.24) is 0 Å². The average molecular weight is 282 g/mol. The normalized spacial score (nSPS) is 25.8. The SMILES string of the molecule is CC1COC(=O)CCCCCCCCCCCC(=O)C1. The fraction of sp³-hybridized carbons (Fsp3) is 0.882. The van der Waals surface area contributed by atoms with Gasteiger partial charge in [0.1, 0.15) is 5.78 Å². The van der Waals surface area contributed by atoms with E-state index in [1.165, 1.54) is 38.5 Å². The maximum Gasteiger partial charge on any atom is 0.305 e. The fourth-order valence-electron chi connectivity index (χ4n) is 2.69. The summed E-state index contributed by atoms with van der Waals surface area (Å²) in [6.45, 7) is 2.38. The van der Waals surface area contributed by atoms with Gasteiger partial charge in [-0.05, 0) is 18.8 Å². The van der Waals surface area contributed by atoms with Gasteiger partial charge in [0.25, 0.3) is 0 Å². The van der Waals surface area contributed by atoms with Crippen LogP contribution >= 0.6 is 0 Å². The highest BCUT2D eigenvalue weighted by Crippen LogP contribution is 2.14. The molecule has 0 amide bonds. The maximum atomic E-state index is 11.8. The molecule has 1 aliphatic heterocycles. The molecule has 0 aromatic heterocycles. The third-order valence-corrected chi connectivity index (χ3v) is 3.94. The third-order valence-electron chi connectivity index (χ3n) is 3.94. The fourth-order valence-corrected chi connectivity index (χ4v) is 2.69. The van der Waals surface area contributed by atoms with E-state index in [9.17, 15) is 9.59 Å². The summed E-state index contributed by atoms with van der Waals surface area (Å²) < 4.78 is 5.24. The van der Waals surface area contributed by atoms with E-state index in [4.69, 9.17) is 4.74 Å². The lowest BCUT2D eigenvalue weighted by Crippen LogP contribution is -2.15. The first-order valence-corrected chi connectivity index (χ1v) is 8.36. The number of Topliss-reactive ketones (excluding diaryl/α,β-unsaturated/α-hetero) is 1. The molecule has 0 aliphatic carbocycles. The summed E-state index contributed by atoms with van der Waals surface area (Å²) in [6, 6.07) is 0. The van der Waals surface area contributed by atoms with Gasteiger partial charge in [0.15, 0.2) is 0 Å². The molecule has 1 unspecified atom stereocenters. The second-order valence-electron chi connectivity index (χ2n) is 6.21. The summed E-state index contributed by atoms with van der Waals surface area (Å²) in [7, 11) is 0. The highest BCUT2D eigenvalue weighted by atomic mass is 16.5. The second-order valence-corrected chi connectivity index (χ2v) is 6.21. The van der Waals surface area contributed by atoms with Crippen LogP contribution in [0.5, 0.6) is 0 Å². The molecule has 20 heavy (non-hydrogen) atoms. The van der Waals surface area contributed by atoms with Crippen molar-refractivity contribution in [3.05, 3.63) is 0 Å². The van der Waals surface area contributed by atoms with Gasteiger partial charge < -0.3 is 4.74 Å². The number of ether oxygens (including phenoxy) is 1. The van der Waals surface area contributed by atoms with E-state index in [1.807, 2.05) is 6.92 Å². The van der Waals surface area contributed by atoms with E-state index in [-0.39, 0.29) is 11.9 Å². The summed E-state index contributed by atoms with van der Waals surface area (Å²) in [5.74, 6) is 0.369. The average Bonchev–Trinajstić information content (AvgIpc) is 2.41. The molecule has 0 aromatic rings. The van der Waals surface area contributed by atoms with Gasteiger partial charge in [-0.25, -0.2) is 0 Å². The number of ketones is 1. The van der Waals surface area contributed by atoms with E-state index >= 15 is 0 Å². The first kappa shape index (κ1) is 17.2. The lowest BCUT2D eigenvalue weighted by molar-refractivity contribution is -0.145. The van der Waals surface area contributed by atoms with Gasteiger partial charge in [0.2, 0.25) is 0 Å². The largest absolute Gasteiger partial charge is 0.465 e. The van der Waals surface area contributed by atoms with E-state index < -0.39 is 0 Å². The molecule has 1 fully saturated rings. The smallest absolute Gasteiger partial charge is 0.305 e. The Bertz CT molecular complexity index is 286. The van der Waals surface area contributed by atoms with Gasteiger partial charge in [0.05, 0.1) is 6.61 Å². The topological polar surface area (TPSA) is 43.4 Å². The molecule has 0 bridgehead atoms. The van der Waals surface area contributed by atoms with Crippen molar-refractivity contribution in [2.75, 3.05) is 6.61 Å². The molecule has 0 radical (unpaired) electrons. The number of carbonyl (C=O) groups excluding carboxylic acids is 2. The number of hydrogen-bond acceptors (Lipinski definition) is 3. The Morgan fingerprint density at radius 3 is 1.90 bits per heavy atom. The second kappa shape index (κ2) is 10.9. The molecule has 0 spiro atoms. The summed E-state index contributed by atoms with van der Waals surface area (Å²) >= 11 is 0. The predicted molar refractivity (Wildman–Crippen MR) is 80.5 cm³/mol. The Morgan fingerprint density at radius 1 is 0.800 bits per heavy atom. The van der Waals surface area contributed by atoms with Crippen LogP contribution in [0.2, 0.25) is 0 Å². The lowest BCUT2D eigenvalue weighted by atomic mass is 10.0.